The summed E-state index contributed by atoms with van der Waals surface area (Å²) >= 11 is 7.43. The number of carbonyl (C=O) groups excluding carboxylic acids is 1. The van der Waals surface area contributed by atoms with Gasteiger partial charge in [0, 0.05) is 16.0 Å². The van der Waals surface area contributed by atoms with Gasteiger partial charge in [0.05, 0.1) is 5.25 Å². The summed E-state index contributed by atoms with van der Waals surface area (Å²) in [6.45, 7) is 2.60. The number of nitrogens with two attached hydrogens (primary N) is 1. The molecule has 3 N–H and O–H groups in total. The Bertz CT molecular complexity index is 466. The number of nitrogens with one attached hydrogen (secondary N) is 1. The molecule has 0 aliphatic heterocycles. The highest BCUT2D eigenvalue weighted by molar-refractivity contribution is 8.00. The van der Waals surface area contributed by atoms with Crippen molar-refractivity contribution in [3.8, 4) is 0 Å². The van der Waals surface area contributed by atoms with Crippen molar-refractivity contribution in [1.82, 2.24) is 5.32 Å². The van der Waals surface area contributed by atoms with Crippen LogP contribution in [0, 0.1) is 5.92 Å². The Morgan fingerprint density at radius 3 is 2.71 bits per heavy atom. The van der Waals surface area contributed by atoms with Crippen LogP contribution in [-0.2, 0) is 4.79 Å². The molecule has 0 spiro atoms. The average Bonchev–Trinajstić information content (AvgIpc) is 2.50. The SMILES string of the molecule is CC(Sc1ccc(Cl)cc1)C(=O)NC1CCCCC1CN. The van der Waals surface area contributed by atoms with Crippen LogP contribution < -0.4 is 11.1 Å². The lowest BCUT2D eigenvalue weighted by molar-refractivity contribution is -0.121. The van der Waals surface area contributed by atoms with Crippen LogP contribution in [-0.4, -0.2) is 23.7 Å². The van der Waals surface area contributed by atoms with E-state index < -0.39 is 0 Å². The summed E-state index contributed by atoms with van der Waals surface area (Å²) in [5.74, 6) is 0.524. The molecule has 3 unspecified atom stereocenters. The first-order valence-electron chi connectivity index (χ1n) is 7.53. The quantitative estimate of drug-likeness (QED) is 0.815. The number of benzene rings is 1. The molecule has 0 heterocycles. The molecule has 1 aromatic carbocycles. The zero-order valence-corrected chi connectivity index (χ0v) is 13.9. The van der Waals surface area contributed by atoms with Crippen LogP contribution >= 0.6 is 23.4 Å². The lowest BCUT2D eigenvalue weighted by Crippen LogP contribution is -2.47. The summed E-state index contributed by atoms with van der Waals surface area (Å²) in [5.41, 5.74) is 5.81. The van der Waals surface area contributed by atoms with Crippen LogP contribution in [0.1, 0.15) is 32.6 Å². The summed E-state index contributed by atoms with van der Waals surface area (Å²) in [6, 6.07) is 7.82. The summed E-state index contributed by atoms with van der Waals surface area (Å²) in [7, 11) is 0. The maximum Gasteiger partial charge on any atom is 0.233 e. The predicted octanol–water partition coefficient (Wildman–Crippen LogP) is 3.45. The Kier molecular flexibility index (Phi) is 6.40. The van der Waals surface area contributed by atoms with Gasteiger partial charge in [-0.2, -0.15) is 0 Å². The molecule has 0 radical (unpaired) electrons. The number of carbonyl (C=O) groups is 1. The van der Waals surface area contributed by atoms with Gasteiger partial charge < -0.3 is 11.1 Å². The van der Waals surface area contributed by atoms with Gasteiger partial charge in [0.2, 0.25) is 5.91 Å². The minimum Gasteiger partial charge on any atom is -0.352 e. The van der Waals surface area contributed by atoms with Crippen molar-refractivity contribution in [2.75, 3.05) is 6.54 Å². The fourth-order valence-electron chi connectivity index (χ4n) is 2.75. The van der Waals surface area contributed by atoms with Crippen LogP contribution in [0.5, 0.6) is 0 Å². The minimum atomic E-state index is -0.119. The first-order valence-corrected chi connectivity index (χ1v) is 8.78. The fourth-order valence-corrected chi connectivity index (χ4v) is 3.75. The average molecular weight is 327 g/mol. The van der Waals surface area contributed by atoms with Gasteiger partial charge >= 0.3 is 0 Å². The molecule has 2 rings (SSSR count). The van der Waals surface area contributed by atoms with Gasteiger partial charge in [-0.3, -0.25) is 4.79 Å². The molecule has 0 bridgehead atoms. The Balaban J connectivity index is 1.88. The molecule has 0 saturated heterocycles. The third-order valence-corrected chi connectivity index (χ3v) is 5.40. The van der Waals surface area contributed by atoms with Crippen molar-refractivity contribution in [3.63, 3.8) is 0 Å². The second-order valence-corrected chi connectivity index (χ2v) is 7.46. The van der Waals surface area contributed by atoms with E-state index in [-0.39, 0.29) is 17.2 Å². The molecule has 1 aliphatic carbocycles. The van der Waals surface area contributed by atoms with Gasteiger partial charge in [0.25, 0.3) is 0 Å². The minimum absolute atomic E-state index is 0.0975. The fraction of sp³-hybridized carbons (Fsp3) is 0.562. The van der Waals surface area contributed by atoms with E-state index in [0.717, 1.165) is 17.7 Å². The monoisotopic (exact) mass is 326 g/mol. The highest BCUT2D eigenvalue weighted by Gasteiger charge is 2.27. The van der Waals surface area contributed by atoms with E-state index in [1.807, 2.05) is 31.2 Å². The first-order chi connectivity index (χ1) is 10.1. The van der Waals surface area contributed by atoms with E-state index in [1.165, 1.54) is 12.8 Å². The Labute approximate surface area is 136 Å². The summed E-state index contributed by atoms with van der Waals surface area (Å²) < 4.78 is 0. The smallest absolute Gasteiger partial charge is 0.233 e. The van der Waals surface area contributed by atoms with Crippen LogP contribution in [0.2, 0.25) is 5.02 Å². The molecule has 1 amide bonds. The highest BCUT2D eigenvalue weighted by Crippen LogP contribution is 2.27. The van der Waals surface area contributed by atoms with Gasteiger partial charge in [-0.15, -0.1) is 11.8 Å². The van der Waals surface area contributed by atoms with Crippen molar-refractivity contribution >= 4 is 29.3 Å². The molecule has 3 atom stereocenters. The molecule has 1 saturated carbocycles. The van der Waals surface area contributed by atoms with E-state index >= 15 is 0 Å². The Hall–Kier alpha value is -0.710. The summed E-state index contributed by atoms with van der Waals surface area (Å²) in [6.07, 6.45) is 4.58. The summed E-state index contributed by atoms with van der Waals surface area (Å²) in [4.78, 5) is 13.4. The molecule has 116 valence electrons. The van der Waals surface area contributed by atoms with E-state index in [1.54, 1.807) is 11.8 Å². The number of thioether (sulfide) groups is 1. The molecule has 0 aromatic heterocycles. The van der Waals surface area contributed by atoms with E-state index in [4.69, 9.17) is 17.3 Å². The molecule has 1 fully saturated rings. The molecule has 5 heteroatoms. The summed E-state index contributed by atoms with van der Waals surface area (Å²) in [5, 5.41) is 3.78. The molecule has 3 nitrogen and oxygen atoms in total. The van der Waals surface area contributed by atoms with E-state index in [9.17, 15) is 4.79 Å². The second kappa shape index (κ2) is 8.06. The molecule has 1 aromatic rings. The Morgan fingerprint density at radius 1 is 1.38 bits per heavy atom. The molecule has 21 heavy (non-hydrogen) atoms. The maximum absolute atomic E-state index is 12.3. The van der Waals surface area contributed by atoms with Crippen molar-refractivity contribution in [2.24, 2.45) is 11.7 Å². The number of hydrogen-bond donors (Lipinski definition) is 2. The van der Waals surface area contributed by atoms with E-state index in [2.05, 4.69) is 5.32 Å². The topological polar surface area (TPSA) is 55.1 Å². The third kappa shape index (κ3) is 4.90. The zero-order chi connectivity index (χ0) is 15.2. The van der Waals surface area contributed by atoms with Gasteiger partial charge in [0.15, 0.2) is 0 Å². The second-order valence-electron chi connectivity index (χ2n) is 5.61. The van der Waals surface area contributed by atoms with E-state index in [0.29, 0.717) is 17.5 Å². The van der Waals surface area contributed by atoms with Gasteiger partial charge in [-0.05, 0) is 56.5 Å². The molecular formula is C16H23ClN2OS. The van der Waals surface area contributed by atoms with Gasteiger partial charge in [0.1, 0.15) is 0 Å². The maximum atomic E-state index is 12.3. The van der Waals surface area contributed by atoms with Crippen LogP contribution in [0.4, 0.5) is 0 Å². The number of amides is 1. The zero-order valence-electron chi connectivity index (χ0n) is 12.3. The normalized spacial score (nSPS) is 23.6. The largest absolute Gasteiger partial charge is 0.352 e. The lowest BCUT2D eigenvalue weighted by Gasteiger charge is -2.32. The third-order valence-electron chi connectivity index (χ3n) is 4.04. The molecule has 1 aliphatic rings. The number of halogens is 1. The first kappa shape index (κ1) is 16.7. The van der Waals surface area contributed by atoms with Crippen LogP contribution in [0.25, 0.3) is 0 Å². The van der Waals surface area contributed by atoms with Gasteiger partial charge in [-0.25, -0.2) is 0 Å². The molecular weight excluding hydrogens is 304 g/mol. The van der Waals surface area contributed by atoms with Crippen molar-refractivity contribution < 1.29 is 4.79 Å². The number of hydrogen-bond acceptors (Lipinski definition) is 3. The predicted molar refractivity (Wildman–Crippen MR) is 89.7 cm³/mol. The van der Waals surface area contributed by atoms with Crippen molar-refractivity contribution in [1.29, 1.82) is 0 Å². The lowest BCUT2D eigenvalue weighted by atomic mass is 9.84. The Morgan fingerprint density at radius 2 is 2.05 bits per heavy atom. The van der Waals surface area contributed by atoms with Crippen molar-refractivity contribution in [2.45, 2.75) is 48.8 Å². The van der Waals surface area contributed by atoms with Crippen molar-refractivity contribution in [3.05, 3.63) is 29.3 Å². The standard InChI is InChI=1S/C16H23ClN2OS/c1-11(21-14-8-6-13(17)7-9-14)16(20)19-15-5-3-2-4-12(15)10-18/h6-9,11-12,15H,2-5,10,18H2,1H3,(H,19,20). The van der Waals surface area contributed by atoms with Gasteiger partial charge in [-0.1, -0.05) is 24.4 Å². The van der Waals surface area contributed by atoms with Crippen LogP contribution in [0.3, 0.4) is 0 Å². The van der Waals surface area contributed by atoms with Crippen LogP contribution in [0.15, 0.2) is 29.2 Å². The highest BCUT2D eigenvalue weighted by atomic mass is 35.5. The number of rotatable bonds is 5.